The predicted molar refractivity (Wildman–Crippen MR) is 91.2 cm³/mol. The van der Waals surface area contributed by atoms with Gasteiger partial charge in [-0.05, 0) is 39.0 Å². The van der Waals surface area contributed by atoms with E-state index in [-0.39, 0.29) is 12.6 Å². The zero-order valence-electron chi connectivity index (χ0n) is 15.1. The molecule has 0 aliphatic carbocycles. The second kappa shape index (κ2) is 9.07. The van der Waals surface area contributed by atoms with Crippen molar-refractivity contribution in [2.24, 2.45) is 0 Å². The van der Waals surface area contributed by atoms with Crippen molar-refractivity contribution in [3.63, 3.8) is 0 Å². The van der Waals surface area contributed by atoms with Gasteiger partial charge in [0, 0.05) is 12.0 Å². The highest BCUT2D eigenvalue weighted by Gasteiger charge is 2.34. The standard InChI is InChI=1S/C18H23NO7/c1-4-23-13-7-6-12(9-14(13)24-5-2)17(21)19-10-16(20)26-15-8-11(3)25-18(15)22/h6-7,9,11,15H,4-5,8,10H2,1-3H3,(H,19,21). The molecule has 1 aromatic rings. The molecule has 1 fully saturated rings. The summed E-state index contributed by atoms with van der Waals surface area (Å²) in [5.74, 6) is -0.741. The lowest BCUT2D eigenvalue weighted by Gasteiger charge is -2.13. The van der Waals surface area contributed by atoms with Crippen LogP contribution in [0.15, 0.2) is 18.2 Å². The van der Waals surface area contributed by atoms with Gasteiger partial charge >= 0.3 is 11.9 Å². The van der Waals surface area contributed by atoms with Crippen molar-refractivity contribution in [3.05, 3.63) is 23.8 Å². The lowest BCUT2D eigenvalue weighted by Crippen LogP contribution is -2.33. The van der Waals surface area contributed by atoms with Crippen molar-refractivity contribution in [2.75, 3.05) is 19.8 Å². The molecule has 2 unspecified atom stereocenters. The summed E-state index contributed by atoms with van der Waals surface area (Å²) in [7, 11) is 0. The van der Waals surface area contributed by atoms with Crippen LogP contribution >= 0.6 is 0 Å². The Kier molecular flexibility index (Phi) is 6.82. The number of rotatable bonds is 8. The highest BCUT2D eigenvalue weighted by atomic mass is 16.6. The molecule has 1 aliphatic heterocycles. The van der Waals surface area contributed by atoms with E-state index in [1.54, 1.807) is 25.1 Å². The quantitative estimate of drug-likeness (QED) is 0.696. The van der Waals surface area contributed by atoms with Gasteiger partial charge < -0.3 is 24.3 Å². The second-order valence-electron chi connectivity index (χ2n) is 5.67. The van der Waals surface area contributed by atoms with Gasteiger partial charge in [0.05, 0.1) is 13.2 Å². The normalized spacial score (nSPS) is 18.8. The van der Waals surface area contributed by atoms with Crippen LogP contribution in [0.25, 0.3) is 0 Å². The Labute approximate surface area is 151 Å². The molecule has 0 spiro atoms. The zero-order valence-corrected chi connectivity index (χ0v) is 15.1. The molecule has 1 saturated heterocycles. The largest absolute Gasteiger partial charge is 0.490 e. The van der Waals surface area contributed by atoms with Crippen LogP contribution in [0.1, 0.15) is 37.6 Å². The third-order valence-electron chi connectivity index (χ3n) is 3.60. The third-order valence-corrected chi connectivity index (χ3v) is 3.60. The van der Waals surface area contributed by atoms with Crippen LogP contribution in [0.2, 0.25) is 0 Å². The van der Waals surface area contributed by atoms with E-state index in [4.69, 9.17) is 18.9 Å². The maximum absolute atomic E-state index is 12.2. The van der Waals surface area contributed by atoms with Crippen molar-refractivity contribution in [3.8, 4) is 11.5 Å². The fourth-order valence-electron chi connectivity index (χ4n) is 2.46. The van der Waals surface area contributed by atoms with Crippen LogP contribution in [0.4, 0.5) is 0 Å². The van der Waals surface area contributed by atoms with Gasteiger partial charge in [-0.2, -0.15) is 0 Å². The van der Waals surface area contributed by atoms with E-state index in [0.29, 0.717) is 36.7 Å². The van der Waals surface area contributed by atoms with Gasteiger partial charge in [0.2, 0.25) is 6.10 Å². The Bertz CT molecular complexity index is 674. The van der Waals surface area contributed by atoms with Crippen molar-refractivity contribution in [1.82, 2.24) is 5.32 Å². The van der Waals surface area contributed by atoms with E-state index in [9.17, 15) is 14.4 Å². The zero-order chi connectivity index (χ0) is 19.1. The minimum Gasteiger partial charge on any atom is -0.490 e. The summed E-state index contributed by atoms with van der Waals surface area (Å²) in [4.78, 5) is 35.5. The van der Waals surface area contributed by atoms with Crippen LogP contribution in [0, 0.1) is 0 Å². The van der Waals surface area contributed by atoms with Crippen molar-refractivity contribution >= 4 is 17.8 Å². The molecule has 2 rings (SSSR count). The van der Waals surface area contributed by atoms with Gasteiger partial charge in [0.1, 0.15) is 12.6 Å². The van der Waals surface area contributed by atoms with Crippen molar-refractivity contribution in [1.29, 1.82) is 0 Å². The maximum Gasteiger partial charge on any atom is 0.347 e. The number of hydrogen-bond acceptors (Lipinski definition) is 7. The van der Waals surface area contributed by atoms with Crippen LogP contribution in [-0.4, -0.2) is 49.8 Å². The Morgan fingerprint density at radius 2 is 1.88 bits per heavy atom. The maximum atomic E-state index is 12.2. The van der Waals surface area contributed by atoms with Gasteiger partial charge in [-0.25, -0.2) is 4.79 Å². The molecule has 8 heteroatoms. The third kappa shape index (κ3) is 5.11. The first-order valence-corrected chi connectivity index (χ1v) is 8.52. The fourth-order valence-corrected chi connectivity index (χ4v) is 2.46. The molecule has 1 aromatic carbocycles. The predicted octanol–water partition coefficient (Wildman–Crippen LogP) is 1.46. The first-order valence-electron chi connectivity index (χ1n) is 8.52. The number of esters is 2. The summed E-state index contributed by atoms with van der Waals surface area (Å²) >= 11 is 0. The Morgan fingerprint density at radius 1 is 1.19 bits per heavy atom. The molecular weight excluding hydrogens is 342 g/mol. The molecule has 0 saturated carbocycles. The molecule has 26 heavy (non-hydrogen) atoms. The number of cyclic esters (lactones) is 1. The summed E-state index contributed by atoms with van der Waals surface area (Å²) in [5.41, 5.74) is 0.318. The van der Waals surface area contributed by atoms with Gasteiger partial charge in [-0.1, -0.05) is 0 Å². The second-order valence-corrected chi connectivity index (χ2v) is 5.67. The highest BCUT2D eigenvalue weighted by Crippen LogP contribution is 2.28. The highest BCUT2D eigenvalue weighted by molar-refractivity contribution is 5.96. The molecule has 0 aromatic heterocycles. The average Bonchev–Trinajstić information content (AvgIpc) is 2.91. The number of carbonyl (C=O) groups excluding carboxylic acids is 3. The van der Waals surface area contributed by atoms with Crippen molar-refractivity contribution in [2.45, 2.75) is 39.4 Å². The van der Waals surface area contributed by atoms with Crippen LogP contribution < -0.4 is 14.8 Å². The van der Waals surface area contributed by atoms with E-state index in [0.717, 1.165) is 0 Å². The first kappa shape index (κ1) is 19.6. The van der Waals surface area contributed by atoms with E-state index in [1.165, 1.54) is 0 Å². The number of hydrogen-bond donors (Lipinski definition) is 1. The van der Waals surface area contributed by atoms with Crippen LogP contribution in [0.5, 0.6) is 11.5 Å². The van der Waals surface area contributed by atoms with E-state index < -0.39 is 23.9 Å². The van der Waals surface area contributed by atoms with Crippen LogP contribution in [0.3, 0.4) is 0 Å². The summed E-state index contributed by atoms with van der Waals surface area (Å²) < 4.78 is 20.8. The molecular formula is C18H23NO7. The molecule has 0 radical (unpaired) electrons. The SMILES string of the molecule is CCOc1ccc(C(=O)NCC(=O)OC2CC(C)OC2=O)cc1OCC. The monoisotopic (exact) mass is 365 g/mol. The molecule has 8 nitrogen and oxygen atoms in total. The van der Waals surface area contributed by atoms with Gasteiger partial charge in [0.25, 0.3) is 5.91 Å². The number of carbonyl (C=O) groups is 3. The lowest BCUT2D eigenvalue weighted by molar-refractivity contribution is -0.160. The number of ether oxygens (including phenoxy) is 4. The smallest absolute Gasteiger partial charge is 0.347 e. The first-order chi connectivity index (χ1) is 12.4. The minimum atomic E-state index is -0.913. The molecule has 1 heterocycles. The molecule has 1 amide bonds. The molecule has 1 aliphatic rings. The van der Waals surface area contributed by atoms with Crippen molar-refractivity contribution < 1.29 is 33.3 Å². The Hall–Kier alpha value is -2.77. The van der Waals surface area contributed by atoms with E-state index >= 15 is 0 Å². The van der Waals surface area contributed by atoms with E-state index in [1.807, 2.05) is 13.8 Å². The molecule has 0 bridgehead atoms. The molecule has 142 valence electrons. The van der Waals surface area contributed by atoms with Gasteiger partial charge in [-0.15, -0.1) is 0 Å². The molecule has 1 N–H and O–H groups in total. The lowest BCUT2D eigenvalue weighted by atomic mass is 10.2. The summed E-state index contributed by atoms with van der Waals surface area (Å²) in [6.07, 6.45) is -0.880. The molecule has 2 atom stereocenters. The Morgan fingerprint density at radius 3 is 2.50 bits per heavy atom. The number of benzene rings is 1. The fraction of sp³-hybridized carbons (Fsp3) is 0.500. The summed E-state index contributed by atoms with van der Waals surface area (Å²) in [5, 5.41) is 2.46. The minimum absolute atomic E-state index is 0.282. The average molecular weight is 365 g/mol. The number of nitrogens with one attached hydrogen (secondary N) is 1. The van der Waals surface area contributed by atoms with Gasteiger partial charge in [0.15, 0.2) is 11.5 Å². The number of amides is 1. The van der Waals surface area contributed by atoms with Gasteiger partial charge in [-0.3, -0.25) is 9.59 Å². The summed E-state index contributed by atoms with van der Waals surface area (Å²) in [6.45, 7) is 5.94. The summed E-state index contributed by atoms with van der Waals surface area (Å²) in [6, 6.07) is 4.76. The topological polar surface area (TPSA) is 100 Å². The Balaban J connectivity index is 1.91. The van der Waals surface area contributed by atoms with Crippen LogP contribution in [-0.2, 0) is 19.1 Å². The van der Waals surface area contributed by atoms with E-state index in [2.05, 4.69) is 5.32 Å².